The summed E-state index contributed by atoms with van der Waals surface area (Å²) < 4.78 is 27.9. The number of carbonyl (C=O) groups excluding carboxylic acids is 1. The molecule has 2 aromatic carbocycles. The molecule has 2 N–H and O–H groups in total. The molecular weight excluding hydrogens is 348 g/mol. The van der Waals surface area contributed by atoms with Crippen molar-refractivity contribution in [3.05, 3.63) is 59.7 Å². The number of anilines is 1. The maximum atomic E-state index is 12.6. The SMILES string of the molecule is CC(C)(C)c1ccc(NS(=O)(=O)c2cccc(C(=O)NC3CC3)c2)cc1. The lowest BCUT2D eigenvalue weighted by atomic mass is 9.87. The second-order valence-electron chi connectivity index (χ2n) is 7.71. The van der Waals surface area contributed by atoms with Crippen molar-refractivity contribution in [1.29, 1.82) is 0 Å². The minimum Gasteiger partial charge on any atom is -0.349 e. The Morgan fingerprint density at radius 3 is 2.27 bits per heavy atom. The van der Waals surface area contributed by atoms with Gasteiger partial charge in [-0.3, -0.25) is 9.52 Å². The molecule has 26 heavy (non-hydrogen) atoms. The van der Waals surface area contributed by atoms with Gasteiger partial charge in [-0.15, -0.1) is 0 Å². The highest BCUT2D eigenvalue weighted by Crippen LogP contribution is 2.25. The van der Waals surface area contributed by atoms with Gasteiger partial charge in [0.15, 0.2) is 0 Å². The Bertz CT molecular complexity index is 909. The van der Waals surface area contributed by atoms with Crippen molar-refractivity contribution >= 4 is 21.6 Å². The summed E-state index contributed by atoms with van der Waals surface area (Å²) in [5, 5.41) is 2.86. The van der Waals surface area contributed by atoms with Crippen LogP contribution in [0.5, 0.6) is 0 Å². The summed E-state index contributed by atoms with van der Waals surface area (Å²) in [6, 6.07) is 13.7. The van der Waals surface area contributed by atoms with Crippen LogP contribution in [0.1, 0.15) is 49.5 Å². The molecule has 1 aliphatic rings. The lowest BCUT2D eigenvalue weighted by Crippen LogP contribution is -2.25. The van der Waals surface area contributed by atoms with Crippen LogP contribution in [0, 0.1) is 0 Å². The molecule has 0 unspecified atom stereocenters. The largest absolute Gasteiger partial charge is 0.349 e. The zero-order valence-corrected chi connectivity index (χ0v) is 16.1. The van der Waals surface area contributed by atoms with Crippen LogP contribution in [-0.4, -0.2) is 20.4 Å². The molecule has 2 aromatic rings. The van der Waals surface area contributed by atoms with E-state index in [0.717, 1.165) is 18.4 Å². The monoisotopic (exact) mass is 372 g/mol. The van der Waals surface area contributed by atoms with Crippen molar-refractivity contribution in [3.63, 3.8) is 0 Å². The van der Waals surface area contributed by atoms with Crippen LogP contribution in [0.4, 0.5) is 5.69 Å². The van der Waals surface area contributed by atoms with E-state index in [9.17, 15) is 13.2 Å². The van der Waals surface area contributed by atoms with Crippen LogP contribution in [0.3, 0.4) is 0 Å². The normalized spacial score (nSPS) is 14.7. The number of amides is 1. The first-order valence-electron chi connectivity index (χ1n) is 8.69. The van der Waals surface area contributed by atoms with Gasteiger partial charge in [-0.1, -0.05) is 39.0 Å². The highest BCUT2D eigenvalue weighted by molar-refractivity contribution is 7.92. The molecule has 0 radical (unpaired) electrons. The van der Waals surface area contributed by atoms with E-state index in [1.54, 1.807) is 24.3 Å². The summed E-state index contributed by atoms with van der Waals surface area (Å²) in [5.74, 6) is -0.237. The van der Waals surface area contributed by atoms with Crippen LogP contribution < -0.4 is 10.0 Å². The first-order chi connectivity index (χ1) is 12.1. The number of hydrogen-bond acceptors (Lipinski definition) is 3. The van der Waals surface area contributed by atoms with Crippen LogP contribution in [0.25, 0.3) is 0 Å². The van der Waals surface area contributed by atoms with Crippen molar-refractivity contribution in [2.45, 2.75) is 50.0 Å². The van der Waals surface area contributed by atoms with E-state index in [2.05, 4.69) is 30.8 Å². The Morgan fingerprint density at radius 2 is 1.69 bits per heavy atom. The van der Waals surface area contributed by atoms with Crippen molar-refractivity contribution in [2.75, 3.05) is 4.72 Å². The van der Waals surface area contributed by atoms with Crippen LogP contribution in [-0.2, 0) is 15.4 Å². The number of carbonyl (C=O) groups is 1. The van der Waals surface area contributed by atoms with E-state index >= 15 is 0 Å². The molecule has 0 atom stereocenters. The van der Waals surface area contributed by atoms with Crippen LogP contribution >= 0.6 is 0 Å². The van der Waals surface area contributed by atoms with Gasteiger partial charge >= 0.3 is 0 Å². The molecule has 0 bridgehead atoms. The van der Waals surface area contributed by atoms with E-state index in [0.29, 0.717) is 11.3 Å². The minimum atomic E-state index is -3.76. The number of benzene rings is 2. The zero-order chi connectivity index (χ0) is 18.9. The molecule has 0 heterocycles. The second kappa shape index (κ2) is 6.76. The van der Waals surface area contributed by atoms with Gasteiger partial charge < -0.3 is 5.32 Å². The Kier molecular flexibility index (Phi) is 4.80. The average molecular weight is 372 g/mol. The molecule has 5 nitrogen and oxygen atoms in total. The lowest BCUT2D eigenvalue weighted by molar-refractivity contribution is 0.0951. The molecule has 1 fully saturated rings. The number of sulfonamides is 1. The first kappa shape index (κ1) is 18.5. The second-order valence-corrected chi connectivity index (χ2v) is 9.39. The predicted molar refractivity (Wildman–Crippen MR) is 103 cm³/mol. The number of nitrogens with one attached hydrogen (secondary N) is 2. The molecule has 1 saturated carbocycles. The van der Waals surface area contributed by atoms with Crippen molar-refractivity contribution in [3.8, 4) is 0 Å². The summed E-state index contributed by atoms with van der Waals surface area (Å²) in [6.07, 6.45) is 1.96. The van der Waals surface area contributed by atoms with E-state index in [4.69, 9.17) is 0 Å². The summed E-state index contributed by atoms with van der Waals surface area (Å²) in [7, 11) is -3.76. The predicted octanol–water partition coefficient (Wildman–Crippen LogP) is 3.68. The van der Waals surface area contributed by atoms with Gasteiger partial charge in [0.1, 0.15) is 0 Å². The third kappa shape index (κ3) is 4.43. The van der Waals surface area contributed by atoms with Crippen molar-refractivity contribution < 1.29 is 13.2 Å². The highest BCUT2D eigenvalue weighted by Gasteiger charge is 2.24. The Hall–Kier alpha value is -2.34. The summed E-state index contributed by atoms with van der Waals surface area (Å²) in [6.45, 7) is 6.30. The third-order valence-corrected chi connectivity index (χ3v) is 5.70. The van der Waals surface area contributed by atoms with Gasteiger partial charge in [0.05, 0.1) is 4.90 Å². The fourth-order valence-electron chi connectivity index (χ4n) is 2.55. The molecule has 0 spiro atoms. The molecule has 138 valence electrons. The smallest absolute Gasteiger partial charge is 0.261 e. The van der Waals surface area contributed by atoms with Gasteiger partial charge in [-0.05, 0) is 54.2 Å². The Balaban J connectivity index is 1.78. The highest BCUT2D eigenvalue weighted by atomic mass is 32.2. The average Bonchev–Trinajstić information content (AvgIpc) is 3.38. The molecule has 0 aliphatic heterocycles. The summed E-state index contributed by atoms with van der Waals surface area (Å²) in [4.78, 5) is 12.2. The molecule has 1 aliphatic carbocycles. The van der Waals surface area contributed by atoms with Crippen LogP contribution in [0.15, 0.2) is 53.4 Å². The topological polar surface area (TPSA) is 75.3 Å². The quantitative estimate of drug-likeness (QED) is 0.841. The summed E-state index contributed by atoms with van der Waals surface area (Å²) in [5.41, 5.74) is 1.97. The number of rotatable bonds is 5. The molecular formula is C20H24N2O3S. The van der Waals surface area contributed by atoms with Gasteiger partial charge in [0.25, 0.3) is 15.9 Å². The first-order valence-corrected chi connectivity index (χ1v) is 10.2. The summed E-state index contributed by atoms with van der Waals surface area (Å²) >= 11 is 0. The standard InChI is InChI=1S/C20H24N2O3S/c1-20(2,3)15-7-9-17(10-8-15)22-26(24,25)18-6-4-5-14(13-18)19(23)21-16-11-12-16/h4-10,13,16,22H,11-12H2,1-3H3,(H,21,23). The molecule has 0 saturated heterocycles. The molecule has 0 aromatic heterocycles. The zero-order valence-electron chi connectivity index (χ0n) is 15.2. The van der Waals surface area contributed by atoms with E-state index in [1.807, 2.05) is 12.1 Å². The van der Waals surface area contributed by atoms with E-state index in [1.165, 1.54) is 12.1 Å². The fourth-order valence-corrected chi connectivity index (χ4v) is 3.66. The minimum absolute atomic E-state index is 0.000650. The maximum absolute atomic E-state index is 12.6. The van der Waals surface area contributed by atoms with Gasteiger partial charge in [-0.2, -0.15) is 0 Å². The molecule has 6 heteroatoms. The fraction of sp³-hybridized carbons (Fsp3) is 0.350. The van der Waals surface area contributed by atoms with Gasteiger partial charge in [0.2, 0.25) is 0 Å². The van der Waals surface area contributed by atoms with Gasteiger partial charge in [-0.25, -0.2) is 8.42 Å². The molecule has 1 amide bonds. The third-order valence-electron chi connectivity index (χ3n) is 4.32. The lowest BCUT2D eigenvalue weighted by Gasteiger charge is -2.19. The Morgan fingerprint density at radius 1 is 1.04 bits per heavy atom. The van der Waals surface area contributed by atoms with Crippen molar-refractivity contribution in [2.24, 2.45) is 0 Å². The Labute approximate surface area is 154 Å². The van der Waals surface area contributed by atoms with Crippen molar-refractivity contribution in [1.82, 2.24) is 5.32 Å². The van der Waals surface area contributed by atoms with Crippen LogP contribution in [0.2, 0.25) is 0 Å². The molecule has 3 rings (SSSR count). The van der Waals surface area contributed by atoms with Gasteiger partial charge in [0, 0.05) is 17.3 Å². The van der Waals surface area contributed by atoms with E-state index in [-0.39, 0.29) is 22.3 Å². The van der Waals surface area contributed by atoms with E-state index < -0.39 is 10.0 Å². The maximum Gasteiger partial charge on any atom is 0.261 e. The number of hydrogen-bond donors (Lipinski definition) is 2.